The Labute approximate surface area is 148 Å². The monoisotopic (exact) mass is 345 g/mol. The second-order valence-corrected chi connectivity index (χ2v) is 8.18. The number of fused-ring (bicyclic) bond motifs is 1. The van der Waals surface area contributed by atoms with Crippen molar-refractivity contribution in [1.29, 1.82) is 5.41 Å². The molecule has 1 aliphatic heterocycles. The van der Waals surface area contributed by atoms with Crippen molar-refractivity contribution in [2.24, 2.45) is 16.2 Å². The third-order valence-corrected chi connectivity index (χ3v) is 7.33. The molecule has 6 heteroatoms. The molecule has 0 amide bonds. The number of rotatable bonds is 4. The average Bonchev–Trinajstić information content (AvgIpc) is 3.00. The van der Waals surface area contributed by atoms with Gasteiger partial charge >= 0.3 is 0 Å². The molecule has 4 rings (SSSR count). The second-order valence-electron chi connectivity index (χ2n) is 8.18. The van der Waals surface area contributed by atoms with E-state index in [1.165, 1.54) is 6.21 Å². The molecule has 0 aromatic rings. The standard InChI is InChI=1S/C19H27N3O3/c1-16-6-7-19(24-8-9-25-19)17(2)12-18(16,17)5-4-14(15(16)23)22-13(10-20)11-21-3/h4,10-11,20-22H,5-9,12H2,1-3H3/b13-11+,20-10?/t16-,17?,18+/m1/s1. The lowest BCUT2D eigenvalue weighted by atomic mass is 9.55. The number of nitrogens with one attached hydrogen (secondary N) is 3. The minimum absolute atomic E-state index is 0.0809. The average molecular weight is 345 g/mol. The zero-order chi connectivity index (χ0) is 17.9. The van der Waals surface area contributed by atoms with Gasteiger partial charge in [-0.25, -0.2) is 0 Å². The molecule has 0 radical (unpaired) electrons. The summed E-state index contributed by atoms with van der Waals surface area (Å²) < 4.78 is 12.2. The van der Waals surface area contributed by atoms with E-state index in [9.17, 15) is 4.79 Å². The van der Waals surface area contributed by atoms with Crippen LogP contribution >= 0.6 is 0 Å². The van der Waals surface area contributed by atoms with E-state index in [2.05, 4.69) is 24.5 Å². The Morgan fingerprint density at radius 1 is 1.28 bits per heavy atom. The molecule has 1 unspecified atom stereocenters. The quantitative estimate of drug-likeness (QED) is 0.680. The van der Waals surface area contributed by atoms with Gasteiger partial charge in [-0.1, -0.05) is 19.9 Å². The molecule has 0 bridgehead atoms. The van der Waals surface area contributed by atoms with Crippen molar-refractivity contribution in [2.75, 3.05) is 20.3 Å². The van der Waals surface area contributed by atoms with E-state index < -0.39 is 11.2 Å². The zero-order valence-electron chi connectivity index (χ0n) is 15.2. The Bertz CT molecular complexity index is 694. The fraction of sp³-hybridized carbons (Fsp3) is 0.684. The fourth-order valence-corrected chi connectivity index (χ4v) is 5.76. The van der Waals surface area contributed by atoms with E-state index in [-0.39, 0.29) is 16.6 Å². The highest BCUT2D eigenvalue weighted by molar-refractivity contribution is 6.02. The second kappa shape index (κ2) is 5.17. The van der Waals surface area contributed by atoms with Gasteiger partial charge < -0.3 is 25.5 Å². The molecule has 0 aromatic heterocycles. The Morgan fingerprint density at radius 2 is 2.00 bits per heavy atom. The Morgan fingerprint density at radius 3 is 2.64 bits per heavy atom. The Hall–Kier alpha value is -1.66. The van der Waals surface area contributed by atoms with Crippen LogP contribution in [0, 0.1) is 21.7 Å². The van der Waals surface area contributed by atoms with E-state index in [0.717, 1.165) is 25.7 Å². The largest absolute Gasteiger partial charge is 0.392 e. The molecule has 1 saturated heterocycles. The number of allylic oxidation sites excluding steroid dienone is 3. The van der Waals surface area contributed by atoms with Crippen LogP contribution in [0.5, 0.6) is 0 Å². The van der Waals surface area contributed by atoms with Crippen molar-refractivity contribution in [2.45, 2.75) is 45.3 Å². The molecule has 6 nitrogen and oxygen atoms in total. The molecular formula is C19H27N3O3. The normalized spacial score (nSPS) is 41.6. The van der Waals surface area contributed by atoms with Gasteiger partial charge in [0.15, 0.2) is 11.6 Å². The minimum Gasteiger partial charge on any atom is -0.392 e. The van der Waals surface area contributed by atoms with Crippen LogP contribution in [0.4, 0.5) is 0 Å². The Balaban J connectivity index is 1.67. The number of hydrogen-bond acceptors (Lipinski definition) is 6. The van der Waals surface area contributed by atoms with Crippen LogP contribution in [0.3, 0.4) is 0 Å². The highest BCUT2D eigenvalue weighted by atomic mass is 16.7. The molecule has 1 heterocycles. The maximum Gasteiger partial charge on any atom is 0.185 e. The van der Waals surface area contributed by atoms with E-state index in [4.69, 9.17) is 14.9 Å². The number of ether oxygens (including phenoxy) is 2. The molecule has 2 spiro atoms. The summed E-state index contributed by atoms with van der Waals surface area (Å²) in [5, 5.41) is 13.5. The van der Waals surface area contributed by atoms with Crippen molar-refractivity contribution >= 4 is 12.0 Å². The third kappa shape index (κ3) is 1.87. The van der Waals surface area contributed by atoms with Gasteiger partial charge in [0.25, 0.3) is 0 Å². The number of carbonyl (C=O) groups excluding carboxylic acids is 1. The van der Waals surface area contributed by atoms with Gasteiger partial charge in [-0.3, -0.25) is 4.79 Å². The molecule has 25 heavy (non-hydrogen) atoms. The first-order valence-corrected chi connectivity index (χ1v) is 9.06. The van der Waals surface area contributed by atoms with Crippen molar-refractivity contribution in [3.8, 4) is 0 Å². The molecule has 3 atom stereocenters. The summed E-state index contributed by atoms with van der Waals surface area (Å²) in [5.74, 6) is -0.350. The number of carbonyl (C=O) groups is 1. The lowest BCUT2D eigenvalue weighted by Crippen LogP contribution is -2.56. The molecule has 3 N–H and O–H groups in total. The molecule has 3 fully saturated rings. The van der Waals surface area contributed by atoms with E-state index in [1.807, 2.05) is 6.08 Å². The van der Waals surface area contributed by atoms with Crippen LogP contribution in [-0.2, 0) is 14.3 Å². The van der Waals surface area contributed by atoms with Crippen LogP contribution in [0.1, 0.15) is 39.5 Å². The molecular weight excluding hydrogens is 318 g/mol. The SMILES string of the molecule is CN/C=C(\C=N)NC1=CC[C@@]23CC2(C)C2(CC[C@]3(C)C1=O)OCCO2. The number of ketones is 1. The van der Waals surface area contributed by atoms with Gasteiger partial charge in [-0.05, 0) is 24.7 Å². The summed E-state index contributed by atoms with van der Waals surface area (Å²) in [4.78, 5) is 13.4. The molecule has 2 saturated carbocycles. The van der Waals surface area contributed by atoms with Gasteiger partial charge in [0, 0.05) is 36.7 Å². The van der Waals surface area contributed by atoms with Crippen LogP contribution < -0.4 is 10.6 Å². The van der Waals surface area contributed by atoms with Gasteiger partial charge in [0.05, 0.1) is 24.6 Å². The first kappa shape index (κ1) is 16.8. The molecule has 0 aromatic carbocycles. The number of hydrogen-bond donors (Lipinski definition) is 3. The van der Waals surface area contributed by atoms with Crippen molar-refractivity contribution in [3.63, 3.8) is 0 Å². The first-order valence-electron chi connectivity index (χ1n) is 9.06. The zero-order valence-corrected chi connectivity index (χ0v) is 15.2. The van der Waals surface area contributed by atoms with Crippen molar-refractivity contribution < 1.29 is 14.3 Å². The van der Waals surface area contributed by atoms with E-state index in [1.54, 1.807) is 13.2 Å². The summed E-state index contributed by atoms with van der Waals surface area (Å²) in [5.41, 5.74) is 0.590. The Kier molecular flexibility index (Phi) is 3.48. The van der Waals surface area contributed by atoms with Crippen LogP contribution in [0.25, 0.3) is 0 Å². The smallest absolute Gasteiger partial charge is 0.185 e. The third-order valence-electron chi connectivity index (χ3n) is 7.33. The highest BCUT2D eigenvalue weighted by Crippen LogP contribution is 2.83. The van der Waals surface area contributed by atoms with Crippen LogP contribution in [0.2, 0.25) is 0 Å². The van der Waals surface area contributed by atoms with E-state index in [0.29, 0.717) is 24.6 Å². The summed E-state index contributed by atoms with van der Waals surface area (Å²) in [6, 6.07) is 0. The van der Waals surface area contributed by atoms with Gasteiger partial charge in [-0.15, -0.1) is 0 Å². The summed E-state index contributed by atoms with van der Waals surface area (Å²) >= 11 is 0. The summed E-state index contributed by atoms with van der Waals surface area (Å²) in [7, 11) is 1.77. The molecule has 4 aliphatic rings. The number of Topliss-reactive ketones (excluding diaryl/α,β-unsaturated/α-hetero) is 1. The summed E-state index contributed by atoms with van der Waals surface area (Å²) in [6.45, 7) is 5.65. The van der Waals surface area contributed by atoms with Crippen LogP contribution in [-0.4, -0.2) is 38.0 Å². The predicted octanol–water partition coefficient (Wildman–Crippen LogP) is 2.08. The van der Waals surface area contributed by atoms with Gasteiger partial charge in [-0.2, -0.15) is 0 Å². The first-order chi connectivity index (χ1) is 11.9. The van der Waals surface area contributed by atoms with Gasteiger partial charge in [0.2, 0.25) is 0 Å². The topological polar surface area (TPSA) is 83.4 Å². The maximum absolute atomic E-state index is 13.4. The molecule has 136 valence electrons. The van der Waals surface area contributed by atoms with Crippen molar-refractivity contribution in [1.82, 2.24) is 10.6 Å². The lowest BCUT2D eigenvalue weighted by Gasteiger charge is -2.52. The minimum atomic E-state index is -0.502. The maximum atomic E-state index is 13.4. The van der Waals surface area contributed by atoms with Crippen LogP contribution in [0.15, 0.2) is 23.7 Å². The van der Waals surface area contributed by atoms with Crippen molar-refractivity contribution in [3.05, 3.63) is 23.7 Å². The lowest BCUT2D eigenvalue weighted by molar-refractivity contribution is -0.243. The highest BCUT2D eigenvalue weighted by Gasteiger charge is 2.84. The predicted molar refractivity (Wildman–Crippen MR) is 93.9 cm³/mol. The summed E-state index contributed by atoms with van der Waals surface area (Å²) in [6.07, 6.45) is 8.26. The van der Waals surface area contributed by atoms with E-state index >= 15 is 0 Å². The fourth-order valence-electron chi connectivity index (χ4n) is 5.76. The van der Waals surface area contributed by atoms with Gasteiger partial charge in [0.1, 0.15) is 0 Å². The molecule has 3 aliphatic carbocycles.